The highest BCUT2D eigenvalue weighted by Gasteiger charge is 2.51. The highest BCUT2D eigenvalue weighted by Crippen LogP contribution is 2.57. The van der Waals surface area contributed by atoms with Crippen molar-refractivity contribution in [2.45, 2.75) is 87.9 Å². The summed E-state index contributed by atoms with van der Waals surface area (Å²) in [5, 5.41) is 20.6. The highest BCUT2D eigenvalue weighted by molar-refractivity contribution is 7.99. The monoisotopic (exact) mass is 1020 g/mol. The zero-order valence-corrected chi connectivity index (χ0v) is 42.2. The third-order valence-corrected chi connectivity index (χ3v) is 15.5. The van der Waals surface area contributed by atoms with E-state index in [9.17, 15) is 29.1 Å². The number of carbonyl (C=O) groups excluding carboxylic acids is 4. The minimum Gasteiger partial charge on any atom is -0.480 e. The van der Waals surface area contributed by atoms with E-state index >= 15 is 0 Å². The first-order valence-electron chi connectivity index (χ1n) is 24.8. The van der Waals surface area contributed by atoms with Crippen LogP contribution in [0.3, 0.4) is 0 Å². The zero-order valence-electron chi connectivity index (χ0n) is 40.6. The fourth-order valence-electron chi connectivity index (χ4n) is 10.6. The molecule has 4 bridgehead atoms. The molecule has 0 radical (unpaired) electrons. The van der Waals surface area contributed by atoms with E-state index < -0.39 is 42.0 Å². The number of H-pyrrole nitrogens is 1. The molecule has 8 rings (SSSR count). The molecule has 2 aromatic carbocycles. The normalized spacial score (nSPS) is 20.9. The number of aromatic nitrogens is 2. The highest BCUT2D eigenvalue weighted by atomic mass is 32.2. The number of alkyl carbamates (subject to hydrolysis) is 1. The maximum absolute atomic E-state index is 13.9. The van der Waals surface area contributed by atoms with Gasteiger partial charge >= 0.3 is 12.1 Å². The number of benzene rings is 2. The van der Waals surface area contributed by atoms with Gasteiger partial charge in [0.25, 0.3) is 0 Å². The minimum absolute atomic E-state index is 0.0141. The van der Waals surface area contributed by atoms with E-state index in [1.807, 2.05) is 48.5 Å². The van der Waals surface area contributed by atoms with Crippen molar-refractivity contribution in [3.63, 3.8) is 0 Å². The Kier molecular flexibility index (Phi) is 21.3. The predicted octanol–water partition coefficient (Wildman–Crippen LogP) is 4.92. The molecule has 5 aliphatic rings. The summed E-state index contributed by atoms with van der Waals surface area (Å²) in [4.78, 5) is 71.8. The SMILES string of the molecule is CC(=O)NCSC[C@H](NC(=O)OCC1c2ccccc2-c2ccccc21)C(=O)N[C@@H](Cc1cnc[nH]1)C(=O)N[C@@H](CSCCCOCCOCCOCCOCCOC12CC3CC(CC(C3)C1)C2)C(=O)O. The number of rotatable bonds is 33. The number of hydrogen-bond acceptors (Lipinski definition) is 14. The number of fused-ring (bicyclic) bond motifs is 3. The molecule has 18 nitrogen and oxygen atoms in total. The van der Waals surface area contributed by atoms with Gasteiger partial charge in [0, 0.05) is 49.3 Å². The van der Waals surface area contributed by atoms with Gasteiger partial charge < -0.3 is 59.8 Å². The summed E-state index contributed by atoms with van der Waals surface area (Å²) in [6.45, 7) is 5.81. The second-order valence-corrected chi connectivity index (χ2v) is 21.0. The summed E-state index contributed by atoms with van der Waals surface area (Å²) >= 11 is 2.54. The molecule has 0 unspecified atom stereocenters. The van der Waals surface area contributed by atoms with Crippen LogP contribution in [0.4, 0.5) is 4.79 Å². The third-order valence-electron chi connectivity index (χ3n) is 13.5. The first-order valence-corrected chi connectivity index (χ1v) is 27.1. The Hall–Kier alpha value is -4.70. The van der Waals surface area contributed by atoms with Crippen LogP contribution >= 0.6 is 23.5 Å². The minimum atomic E-state index is -1.26. The number of hydrogen-bond donors (Lipinski definition) is 6. The molecule has 1 aromatic heterocycles. The van der Waals surface area contributed by atoms with Crippen LogP contribution in [0.15, 0.2) is 61.1 Å². The maximum atomic E-state index is 13.9. The molecule has 4 saturated carbocycles. The van der Waals surface area contributed by atoms with Crippen LogP contribution in [-0.2, 0) is 54.0 Å². The molecule has 4 amide bonds. The molecule has 20 heteroatoms. The molecule has 0 saturated heterocycles. The van der Waals surface area contributed by atoms with Crippen LogP contribution in [0.5, 0.6) is 0 Å². The van der Waals surface area contributed by atoms with Crippen molar-refractivity contribution in [2.75, 3.05) is 89.2 Å². The van der Waals surface area contributed by atoms with Crippen molar-refractivity contribution in [1.82, 2.24) is 31.2 Å². The average Bonchev–Trinajstić information content (AvgIpc) is 3.98. The Morgan fingerprint density at radius 3 is 1.85 bits per heavy atom. The van der Waals surface area contributed by atoms with Gasteiger partial charge in [-0.15, -0.1) is 11.8 Å². The second-order valence-electron chi connectivity index (χ2n) is 18.8. The average molecular weight is 1020 g/mol. The van der Waals surface area contributed by atoms with E-state index in [1.54, 1.807) is 0 Å². The molecule has 5 aliphatic carbocycles. The first kappa shape index (κ1) is 54.1. The molecule has 388 valence electrons. The van der Waals surface area contributed by atoms with Crippen molar-refractivity contribution in [3.05, 3.63) is 77.9 Å². The van der Waals surface area contributed by atoms with Crippen LogP contribution in [0.25, 0.3) is 11.1 Å². The Morgan fingerprint density at radius 2 is 1.27 bits per heavy atom. The van der Waals surface area contributed by atoms with Gasteiger partial charge in [-0.3, -0.25) is 14.4 Å². The van der Waals surface area contributed by atoms with E-state index in [2.05, 4.69) is 31.2 Å². The Bertz CT molecular complexity index is 2100. The van der Waals surface area contributed by atoms with Crippen LogP contribution in [0, 0.1) is 17.8 Å². The van der Waals surface area contributed by atoms with Gasteiger partial charge in [0.2, 0.25) is 17.7 Å². The van der Waals surface area contributed by atoms with Gasteiger partial charge in [0.1, 0.15) is 24.7 Å². The number of carboxylic acid groups (broad SMARTS) is 1. The summed E-state index contributed by atoms with van der Waals surface area (Å²) in [6, 6.07) is 12.1. The van der Waals surface area contributed by atoms with Crippen LogP contribution < -0.4 is 21.3 Å². The van der Waals surface area contributed by atoms with Crippen LogP contribution in [0.2, 0.25) is 0 Å². The Labute approximate surface area is 424 Å². The number of aliphatic carboxylic acids is 1. The number of nitrogens with one attached hydrogen (secondary N) is 5. The van der Waals surface area contributed by atoms with Gasteiger partial charge in [-0.2, -0.15) is 11.8 Å². The summed E-state index contributed by atoms with van der Waals surface area (Å²) in [7, 11) is 0. The summed E-state index contributed by atoms with van der Waals surface area (Å²) in [5.41, 5.74) is 4.80. The van der Waals surface area contributed by atoms with Gasteiger partial charge in [-0.05, 0) is 90.7 Å². The second kappa shape index (κ2) is 27.9. The van der Waals surface area contributed by atoms with Crippen molar-refractivity contribution in [2.24, 2.45) is 17.8 Å². The van der Waals surface area contributed by atoms with Crippen molar-refractivity contribution in [1.29, 1.82) is 0 Å². The Morgan fingerprint density at radius 1 is 0.718 bits per heavy atom. The molecule has 3 aromatic rings. The molecule has 71 heavy (non-hydrogen) atoms. The smallest absolute Gasteiger partial charge is 0.407 e. The Balaban J connectivity index is 0.770. The van der Waals surface area contributed by atoms with Gasteiger partial charge in [-0.25, -0.2) is 14.6 Å². The molecular weight excluding hydrogens is 953 g/mol. The van der Waals surface area contributed by atoms with Gasteiger partial charge in [0.05, 0.1) is 70.7 Å². The lowest BCUT2D eigenvalue weighted by Gasteiger charge is -2.56. The van der Waals surface area contributed by atoms with E-state index in [4.69, 9.17) is 28.4 Å². The largest absolute Gasteiger partial charge is 0.480 e. The number of amides is 4. The van der Waals surface area contributed by atoms with E-state index in [0.717, 1.165) is 40.0 Å². The molecule has 1 heterocycles. The summed E-state index contributed by atoms with van der Waals surface area (Å²) in [5.74, 6) is 0.287. The number of thioether (sulfide) groups is 2. The van der Waals surface area contributed by atoms with E-state index in [1.165, 1.54) is 81.5 Å². The number of carbonyl (C=O) groups is 5. The number of carboxylic acids is 1. The molecule has 0 aliphatic heterocycles. The molecule has 4 fully saturated rings. The fraction of sp³-hybridized carbons (Fsp3) is 0.608. The van der Waals surface area contributed by atoms with Crippen LogP contribution in [-0.4, -0.2) is 158 Å². The number of aromatic amines is 1. The summed E-state index contributed by atoms with van der Waals surface area (Å²) in [6.07, 6.45) is 10.6. The third kappa shape index (κ3) is 16.7. The predicted molar refractivity (Wildman–Crippen MR) is 269 cm³/mol. The zero-order chi connectivity index (χ0) is 49.8. The fourth-order valence-corrected chi connectivity index (χ4v) is 12.4. The first-order chi connectivity index (χ1) is 34.6. The number of imidazole rings is 1. The number of nitrogens with zero attached hydrogens (tertiary/aromatic N) is 1. The quantitative estimate of drug-likeness (QED) is 0.0351. The number of ether oxygens (including phenoxy) is 6. The maximum Gasteiger partial charge on any atom is 0.407 e. The van der Waals surface area contributed by atoms with Gasteiger partial charge in [0.15, 0.2) is 0 Å². The molecule has 6 N–H and O–H groups in total. The molecule has 3 atom stereocenters. The van der Waals surface area contributed by atoms with E-state index in [-0.39, 0.29) is 47.8 Å². The van der Waals surface area contributed by atoms with Gasteiger partial charge in [-0.1, -0.05) is 48.5 Å². The lowest BCUT2D eigenvalue weighted by atomic mass is 9.54. The molecule has 0 spiro atoms. The standard InChI is InChI=1S/C51H70N6O12S2/c1-34(58)54-33-71-30-45(57-50(63)68-29-43-41-9-4-2-7-39(41)40-8-3-5-10-42(40)43)48(60)55-44(24-38-28-52-32-53-38)47(59)56-46(49(61)62)31-70-20-6-11-64-12-13-65-14-15-66-16-17-67-18-19-69-51-25-35-21-36(26-51)23-37(22-35)27-51/h2-5,7-10,28,32,35-37,43-46H,6,11-27,29-31,33H2,1H3,(H,52,53)(H,54,58)(H,55,60)(H,56,59)(H,57,63)(H,61,62)/t35?,36?,37?,44-,45-,46-,51?/m0/s1. The van der Waals surface area contributed by atoms with Crippen molar-refractivity contribution in [3.8, 4) is 11.1 Å². The lowest BCUT2D eigenvalue weighted by Crippen LogP contribution is -2.57. The van der Waals surface area contributed by atoms with Crippen molar-refractivity contribution >= 4 is 53.3 Å². The topological polar surface area (TPSA) is 238 Å². The van der Waals surface area contributed by atoms with Crippen LogP contribution in [0.1, 0.15) is 74.6 Å². The summed E-state index contributed by atoms with van der Waals surface area (Å²) < 4.78 is 34.8. The van der Waals surface area contributed by atoms with Crippen molar-refractivity contribution < 1.29 is 57.5 Å². The lowest BCUT2D eigenvalue weighted by molar-refractivity contribution is -0.169. The molecular formula is C51H70N6O12S2. The van der Waals surface area contributed by atoms with E-state index in [0.29, 0.717) is 77.3 Å².